The average Bonchev–Trinajstić information content (AvgIpc) is 2.62. The van der Waals surface area contributed by atoms with E-state index in [9.17, 15) is 14.4 Å². The molecule has 0 aliphatic carbocycles. The van der Waals surface area contributed by atoms with Gasteiger partial charge in [0, 0.05) is 16.9 Å². The van der Waals surface area contributed by atoms with E-state index >= 15 is 0 Å². The van der Waals surface area contributed by atoms with E-state index in [1.807, 2.05) is 36.4 Å². The van der Waals surface area contributed by atoms with Gasteiger partial charge in [0.25, 0.3) is 0 Å². The fourth-order valence-corrected chi connectivity index (χ4v) is 3.07. The van der Waals surface area contributed by atoms with Gasteiger partial charge in [-0.2, -0.15) is 0 Å². The van der Waals surface area contributed by atoms with Gasteiger partial charge in [-0.05, 0) is 25.5 Å². The van der Waals surface area contributed by atoms with Crippen molar-refractivity contribution in [1.82, 2.24) is 0 Å². The monoisotopic (exact) mass is 352 g/mol. The highest BCUT2D eigenvalue weighted by Crippen LogP contribution is 2.20. The normalized spacial score (nSPS) is 12.0. The van der Waals surface area contributed by atoms with Crippen LogP contribution in [0, 0.1) is 5.92 Å². The average molecular weight is 352 g/mol. The van der Waals surface area contributed by atoms with Crippen LogP contribution in [0.1, 0.15) is 30.1 Å². The number of carbonyl (C=O) groups excluding carboxylic acids is 3. The van der Waals surface area contributed by atoms with Gasteiger partial charge in [0.2, 0.25) is 0 Å². The molecule has 0 aliphatic heterocycles. The Bertz CT molecular complexity index is 751. The number of hydrogen-bond acceptors (Lipinski definition) is 4. The Balaban J connectivity index is 1.88. The minimum Gasteiger partial charge on any atom is -0.299 e. The van der Waals surface area contributed by atoms with Crippen LogP contribution in [0.3, 0.4) is 0 Å². The van der Waals surface area contributed by atoms with Crippen molar-refractivity contribution in [2.75, 3.05) is 0 Å². The fourth-order valence-electron chi connectivity index (χ4n) is 2.33. The molecule has 1 unspecified atom stereocenters. The Morgan fingerprint density at radius 1 is 0.920 bits per heavy atom. The van der Waals surface area contributed by atoms with Crippen LogP contribution in [-0.4, -0.2) is 16.7 Å². The van der Waals surface area contributed by atoms with Crippen molar-refractivity contribution in [3.63, 3.8) is 0 Å². The lowest BCUT2D eigenvalue weighted by molar-refractivity contribution is -0.119. The van der Waals surface area contributed by atoms with E-state index in [-0.39, 0.29) is 23.1 Å². The molecular weight excluding hydrogens is 332 g/mol. The second-order valence-corrected chi connectivity index (χ2v) is 6.72. The highest BCUT2D eigenvalue weighted by Gasteiger charge is 2.22. The van der Waals surface area contributed by atoms with Crippen LogP contribution in [0.5, 0.6) is 0 Å². The minimum atomic E-state index is -0.699. The number of carbonyl (C=O) groups is 3. The molecule has 128 valence electrons. The molecule has 2 aromatic carbocycles. The molecule has 0 amide bonds. The van der Waals surface area contributed by atoms with Gasteiger partial charge in [-0.1, -0.05) is 72.4 Å². The van der Waals surface area contributed by atoms with Crippen molar-refractivity contribution in [3.05, 3.63) is 78.4 Å². The van der Waals surface area contributed by atoms with Gasteiger partial charge in [0.1, 0.15) is 5.78 Å². The molecule has 2 aromatic rings. The van der Waals surface area contributed by atoms with Crippen molar-refractivity contribution in [3.8, 4) is 0 Å². The molecule has 0 bridgehead atoms. The predicted molar refractivity (Wildman–Crippen MR) is 101 cm³/mol. The maximum Gasteiger partial charge on any atom is 0.197 e. The van der Waals surface area contributed by atoms with E-state index in [1.165, 1.54) is 18.7 Å². The van der Waals surface area contributed by atoms with Crippen LogP contribution in [0.25, 0.3) is 0 Å². The van der Waals surface area contributed by atoms with Crippen LogP contribution in [0.15, 0.2) is 77.7 Å². The second kappa shape index (κ2) is 9.74. The second-order valence-electron chi connectivity index (χ2n) is 5.59. The lowest BCUT2D eigenvalue weighted by atomic mass is 9.91. The maximum absolute atomic E-state index is 12.4. The number of hydrogen-bond donors (Lipinski definition) is 0. The highest BCUT2D eigenvalue weighted by atomic mass is 32.2. The number of thioether (sulfide) groups is 1. The summed E-state index contributed by atoms with van der Waals surface area (Å²) < 4.78 is 0. The highest BCUT2D eigenvalue weighted by molar-refractivity contribution is 8.13. The standard InChI is InChI=1S/C21H20O3S/c1-16(22)19(21(24)17-10-4-2-5-11-17)14-8-9-15-20(23)25-18-12-6-3-7-13-18/h2-13,19H,14-15H2,1H3/b9-8+. The summed E-state index contributed by atoms with van der Waals surface area (Å²) in [5.74, 6) is -1.04. The fraction of sp³-hybridized carbons (Fsp3) is 0.190. The Morgan fingerprint density at radius 3 is 2.12 bits per heavy atom. The van der Waals surface area contributed by atoms with Crippen molar-refractivity contribution in [2.45, 2.75) is 24.7 Å². The Hall–Kier alpha value is -2.46. The zero-order valence-corrected chi connectivity index (χ0v) is 14.9. The molecule has 0 spiro atoms. The molecule has 0 radical (unpaired) electrons. The van der Waals surface area contributed by atoms with Crippen molar-refractivity contribution >= 4 is 28.4 Å². The lowest BCUT2D eigenvalue weighted by Crippen LogP contribution is -2.21. The van der Waals surface area contributed by atoms with Gasteiger partial charge >= 0.3 is 0 Å². The topological polar surface area (TPSA) is 51.2 Å². The van der Waals surface area contributed by atoms with Gasteiger partial charge < -0.3 is 0 Å². The largest absolute Gasteiger partial charge is 0.299 e. The summed E-state index contributed by atoms with van der Waals surface area (Å²) in [5.41, 5.74) is 0.534. The van der Waals surface area contributed by atoms with E-state index in [0.29, 0.717) is 12.0 Å². The van der Waals surface area contributed by atoms with E-state index in [4.69, 9.17) is 0 Å². The molecule has 0 saturated heterocycles. The lowest BCUT2D eigenvalue weighted by Gasteiger charge is -2.10. The molecule has 25 heavy (non-hydrogen) atoms. The molecule has 0 fully saturated rings. The van der Waals surface area contributed by atoms with Crippen LogP contribution in [-0.2, 0) is 9.59 Å². The van der Waals surface area contributed by atoms with Gasteiger partial charge in [0.15, 0.2) is 10.9 Å². The van der Waals surface area contributed by atoms with Crippen LogP contribution in [0.4, 0.5) is 0 Å². The summed E-state index contributed by atoms with van der Waals surface area (Å²) in [6.07, 6.45) is 4.05. The van der Waals surface area contributed by atoms with Crippen molar-refractivity contribution in [2.24, 2.45) is 5.92 Å². The molecule has 3 nitrogen and oxygen atoms in total. The van der Waals surface area contributed by atoms with E-state index in [0.717, 1.165) is 4.90 Å². The van der Waals surface area contributed by atoms with E-state index < -0.39 is 5.92 Å². The number of ketones is 2. The molecule has 0 aromatic heterocycles. The van der Waals surface area contributed by atoms with Gasteiger partial charge in [-0.3, -0.25) is 14.4 Å². The third-order valence-electron chi connectivity index (χ3n) is 3.66. The smallest absolute Gasteiger partial charge is 0.197 e. The minimum absolute atomic E-state index is 0.0243. The zero-order chi connectivity index (χ0) is 18.1. The summed E-state index contributed by atoms with van der Waals surface area (Å²) in [7, 11) is 0. The summed E-state index contributed by atoms with van der Waals surface area (Å²) in [6.45, 7) is 1.43. The molecule has 0 aliphatic rings. The maximum atomic E-state index is 12.4. The third-order valence-corrected chi connectivity index (χ3v) is 4.57. The first-order valence-electron chi connectivity index (χ1n) is 8.08. The van der Waals surface area contributed by atoms with Crippen LogP contribution >= 0.6 is 11.8 Å². The quantitative estimate of drug-likeness (QED) is 0.298. The molecular formula is C21H20O3S. The van der Waals surface area contributed by atoms with E-state index in [2.05, 4.69) is 0 Å². The van der Waals surface area contributed by atoms with Gasteiger partial charge in [-0.25, -0.2) is 0 Å². The summed E-state index contributed by atoms with van der Waals surface area (Å²) in [6, 6.07) is 18.3. The Kier molecular flexibility index (Phi) is 7.36. The molecule has 0 heterocycles. The first-order valence-corrected chi connectivity index (χ1v) is 8.90. The van der Waals surface area contributed by atoms with Crippen molar-refractivity contribution in [1.29, 1.82) is 0 Å². The first kappa shape index (κ1) is 18.9. The molecule has 0 saturated carbocycles. The van der Waals surface area contributed by atoms with Gasteiger partial charge in [0.05, 0.1) is 5.92 Å². The first-order chi connectivity index (χ1) is 12.1. The zero-order valence-electron chi connectivity index (χ0n) is 14.1. The van der Waals surface area contributed by atoms with E-state index in [1.54, 1.807) is 36.4 Å². The Morgan fingerprint density at radius 2 is 1.52 bits per heavy atom. The van der Waals surface area contributed by atoms with Crippen LogP contribution in [0.2, 0.25) is 0 Å². The number of allylic oxidation sites excluding steroid dienone is 2. The third kappa shape index (κ3) is 6.16. The predicted octanol–water partition coefficient (Wildman–Crippen LogP) is 4.73. The number of benzene rings is 2. The number of rotatable bonds is 8. The molecule has 2 rings (SSSR count). The molecule has 4 heteroatoms. The summed E-state index contributed by atoms with van der Waals surface area (Å²) in [4.78, 5) is 37.1. The van der Waals surface area contributed by atoms with Gasteiger partial charge in [-0.15, -0.1) is 0 Å². The number of Topliss-reactive ketones (excluding diaryl/α,β-unsaturated/α-hetero) is 2. The van der Waals surface area contributed by atoms with Crippen molar-refractivity contribution < 1.29 is 14.4 Å². The summed E-state index contributed by atoms with van der Waals surface area (Å²) >= 11 is 1.19. The van der Waals surface area contributed by atoms with Crippen LogP contribution < -0.4 is 0 Å². The molecule has 0 N–H and O–H groups in total. The Labute approximate surface area is 152 Å². The summed E-state index contributed by atoms with van der Waals surface area (Å²) in [5, 5.41) is 0.0243. The SMILES string of the molecule is CC(=O)C(C/C=C/CC(=O)Sc1ccccc1)C(=O)c1ccccc1. The molecule has 1 atom stereocenters.